The zero-order valence-electron chi connectivity index (χ0n) is 13.1. The Hall–Kier alpha value is -2.89. The average molecular weight is 310 g/mol. The van der Waals surface area contributed by atoms with Crippen LogP contribution in [0.25, 0.3) is 5.65 Å². The number of Topliss-reactive ketones (excluding diaryl/α,β-unsaturated/α-hetero) is 1. The number of hydrogen-bond acceptors (Lipinski definition) is 5. The maximum absolute atomic E-state index is 11.2. The van der Waals surface area contributed by atoms with Crippen molar-refractivity contribution in [2.75, 3.05) is 11.9 Å². The number of anilines is 1. The molecule has 1 N–H and O–H groups in total. The van der Waals surface area contributed by atoms with Gasteiger partial charge in [0.25, 0.3) is 0 Å². The molecule has 118 valence electrons. The molecule has 2 aromatic heterocycles. The van der Waals surface area contributed by atoms with Crippen molar-refractivity contribution in [3.8, 4) is 11.6 Å². The molecule has 2 heterocycles. The van der Waals surface area contributed by atoms with Gasteiger partial charge in [-0.3, -0.25) is 4.79 Å². The Morgan fingerprint density at radius 1 is 1.30 bits per heavy atom. The topological polar surface area (TPSA) is 68.5 Å². The predicted octanol–water partition coefficient (Wildman–Crippen LogP) is 3.08. The number of fused-ring (bicyclic) bond motifs is 1. The first kappa shape index (κ1) is 15.0. The van der Waals surface area contributed by atoms with Crippen LogP contribution in [-0.4, -0.2) is 26.9 Å². The smallest absolute Gasteiger partial charge is 0.237 e. The summed E-state index contributed by atoms with van der Waals surface area (Å²) in [5, 5.41) is 7.54. The van der Waals surface area contributed by atoms with Crippen molar-refractivity contribution in [1.29, 1.82) is 0 Å². The normalized spacial score (nSPS) is 10.7. The molecule has 1 aromatic carbocycles. The Morgan fingerprint density at radius 2 is 2.17 bits per heavy atom. The molecule has 0 saturated heterocycles. The molecule has 0 unspecified atom stereocenters. The number of ketones is 1. The van der Waals surface area contributed by atoms with Crippen LogP contribution in [0.2, 0.25) is 0 Å². The van der Waals surface area contributed by atoms with Crippen LogP contribution in [0.5, 0.6) is 11.6 Å². The van der Waals surface area contributed by atoms with E-state index < -0.39 is 0 Å². The maximum Gasteiger partial charge on any atom is 0.237 e. The summed E-state index contributed by atoms with van der Waals surface area (Å²) in [4.78, 5) is 15.6. The summed E-state index contributed by atoms with van der Waals surface area (Å²) in [6, 6.07) is 11.1. The van der Waals surface area contributed by atoms with Crippen molar-refractivity contribution in [2.45, 2.75) is 20.3 Å². The van der Waals surface area contributed by atoms with E-state index in [1.165, 1.54) is 0 Å². The van der Waals surface area contributed by atoms with E-state index in [0.29, 0.717) is 18.1 Å². The van der Waals surface area contributed by atoms with Crippen molar-refractivity contribution in [2.24, 2.45) is 0 Å². The minimum absolute atomic E-state index is 0.121. The van der Waals surface area contributed by atoms with Crippen molar-refractivity contribution in [3.63, 3.8) is 0 Å². The molecule has 0 saturated carbocycles. The van der Waals surface area contributed by atoms with E-state index in [4.69, 9.17) is 4.74 Å². The Bertz CT molecular complexity index is 841. The summed E-state index contributed by atoms with van der Waals surface area (Å²) in [5.74, 6) is 2.03. The lowest BCUT2D eigenvalue weighted by atomic mass is 10.1. The lowest BCUT2D eigenvalue weighted by Gasteiger charge is -2.06. The average Bonchev–Trinajstić information content (AvgIpc) is 2.89. The fourth-order valence-corrected chi connectivity index (χ4v) is 2.31. The van der Waals surface area contributed by atoms with Crippen molar-refractivity contribution in [3.05, 3.63) is 48.2 Å². The Balaban J connectivity index is 1.82. The van der Waals surface area contributed by atoms with Gasteiger partial charge >= 0.3 is 0 Å². The highest BCUT2D eigenvalue weighted by Gasteiger charge is 2.06. The highest BCUT2D eigenvalue weighted by molar-refractivity contribution is 5.78. The van der Waals surface area contributed by atoms with Crippen LogP contribution in [0.15, 0.2) is 42.6 Å². The van der Waals surface area contributed by atoms with E-state index in [0.717, 1.165) is 23.6 Å². The maximum atomic E-state index is 11.2. The van der Waals surface area contributed by atoms with Crippen LogP contribution < -0.4 is 10.1 Å². The standard InChI is InChI=1S/C17H18N4O2/c1-3-18-15-11-21-16(19-15)7-8-17(20-21)23-14-6-4-5-13(10-14)9-12(2)22/h4-8,10-11,18H,3,9H2,1-2H3. The highest BCUT2D eigenvalue weighted by atomic mass is 16.5. The highest BCUT2D eigenvalue weighted by Crippen LogP contribution is 2.21. The first-order valence-corrected chi connectivity index (χ1v) is 7.50. The minimum atomic E-state index is 0.121. The number of nitrogens with one attached hydrogen (secondary N) is 1. The van der Waals surface area contributed by atoms with Crippen LogP contribution in [0.1, 0.15) is 19.4 Å². The lowest BCUT2D eigenvalue weighted by molar-refractivity contribution is -0.116. The molecule has 0 aliphatic carbocycles. The van der Waals surface area contributed by atoms with Gasteiger partial charge < -0.3 is 10.1 Å². The molecule has 0 amide bonds. The van der Waals surface area contributed by atoms with Crippen LogP contribution in [0.3, 0.4) is 0 Å². The molecule has 0 spiro atoms. The number of ether oxygens (including phenoxy) is 1. The van der Waals surface area contributed by atoms with Crippen LogP contribution in [0, 0.1) is 0 Å². The van der Waals surface area contributed by atoms with Gasteiger partial charge in [0.1, 0.15) is 17.4 Å². The monoisotopic (exact) mass is 310 g/mol. The van der Waals surface area contributed by atoms with E-state index in [1.807, 2.05) is 43.5 Å². The second-order valence-corrected chi connectivity index (χ2v) is 5.26. The number of benzene rings is 1. The molecule has 0 aliphatic rings. The first-order valence-electron chi connectivity index (χ1n) is 7.50. The summed E-state index contributed by atoms with van der Waals surface area (Å²) in [7, 11) is 0. The lowest BCUT2D eigenvalue weighted by Crippen LogP contribution is -1.97. The molecule has 0 bridgehead atoms. The van der Waals surface area contributed by atoms with Gasteiger partial charge in [0.05, 0.1) is 6.20 Å². The van der Waals surface area contributed by atoms with E-state index in [-0.39, 0.29) is 5.78 Å². The first-order chi connectivity index (χ1) is 11.1. The number of rotatable bonds is 6. The van der Waals surface area contributed by atoms with Gasteiger partial charge in [-0.15, -0.1) is 5.10 Å². The molecule has 0 aliphatic heterocycles. The number of nitrogens with zero attached hydrogens (tertiary/aromatic N) is 3. The van der Waals surface area contributed by atoms with Crippen molar-refractivity contribution < 1.29 is 9.53 Å². The molecule has 0 fully saturated rings. The third kappa shape index (κ3) is 3.66. The Morgan fingerprint density at radius 3 is 2.96 bits per heavy atom. The van der Waals surface area contributed by atoms with Crippen LogP contribution in [-0.2, 0) is 11.2 Å². The molecular formula is C17H18N4O2. The predicted molar refractivity (Wildman–Crippen MR) is 88.1 cm³/mol. The van der Waals surface area contributed by atoms with Crippen molar-refractivity contribution in [1.82, 2.24) is 14.6 Å². The molecule has 0 radical (unpaired) electrons. The van der Waals surface area contributed by atoms with Gasteiger partial charge in [-0.25, -0.2) is 9.50 Å². The Kier molecular flexibility index (Phi) is 4.23. The van der Waals surface area contributed by atoms with Gasteiger partial charge in [-0.05, 0) is 37.6 Å². The summed E-state index contributed by atoms with van der Waals surface area (Å²) in [6.45, 7) is 4.39. The van der Waals surface area contributed by atoms with E-state index in [1.54, 1.807) is 17.5 Å². The van der Waals surface area contributed by atoms with Crippen LogP contribution in [0.4, 0.5) is 5.82 Å². The van der Waals surface area contributed by atoms with Gasteiger partial charge in [-0.2, -0.15) is 0 Å². The Labute approximate surface area is 134 Å². The molecule has 0 atom stereocenters. The zero-order chi connectivity index (χ0) is 16.2. The van der Waals surface area contributed by atoms with Gasteiger partial charge in [0.15, 0.2) is 5.65 Å². The fourth-order valence-electron chi connectivity index (χ4n) is 2.31. The third-order valence-electron chi connectivity index (χ3n) is 3.23. The quantitative estimate of drug-likeness (QED) is 0.757. The molecule has 6 heteroatoms. The van der Waals surface area contributed by atoms with E-state index >= 15 is 0 Å². The van der Waals surface area contributed by atoms with Crippen LogP contribution >= 0.6 is 0 Å². The molecular weight excluding hydrogens is 292 g/mol. The SMILES string of the molecule is CCNc1cn2nc(Oc3cccc(CC(C)=O)c3)ccc2n1. The minimum Gasteiger partial charge on any atom is -0.438 e. The van der Waals surface area contributed by atoms with Gasteiger partial charge in [-0.1, -0.05) is 12.1 Å². The van der Waals surface area contributed by atoms with Gasteiger partial charge in [0.2, 0.25) is 5.88 Å². The van der Waals surface area contributed by atoms with Crippen molar-refractivity contribution >= 4 is 17.2 Å². The second kappa shape index (κ2) is 6.48. The number of carbonyl (C=O) groups is 1. The third-order valence-corrected chi connectivity index (χ3v) is 3.23. The molecule has 3 rings (SSSR count). The van der Waals surface area contributed by atoms with E-state index in [2.05, 4.69) is 15.4 Å². The summed E-state index contributed by atoms with van der Waals surface area (Å²) in [5.41, 5.74) is 1.67. The molecule has 3 aromatic rings. The summed E-state index contributed by atoms with van der Waals surface area (Å²) in [6.07, 6.45) is 2.22. The number of aromatic nitrogens is 3. The number of carbonyl (C=O) groups excluding carboxylic acids is 1. The zero-order valence-corrected chi connectivity index (χ0v) is 13.1. The summed E-state index contributed by atoms with van der Waals surface area (Å²) < 4.78 is 7.46. The van der Waals surface area contributed by atoms with E-state index in [9.17, 15) is 4.79 Å². The summed E-state index contributed by atoms with van der Waals surface area (Å²) >= 11 is 0. The fraction of sp³-hybridized carbons (Fsp3) is 0.235. The largest absolute Gasteiger partial charge is 0.438 e. The van der Waals surface area contributed by atoms with Gasteiger partial charge in [0, 0.05) is 19.0 Å². The number of imidazole rings is 1. The second-order valence-electron chi connectivity index (χ2n) is 5.26. The molecule has 6 nitrogen and oxygen atoms in total. The number of hydrogen-bond donors (Lipinski definition) is 1. The molecule has 23 heavy (non-hydrogen) atoms.